The van der Waals surface area contributed by atoms with E-state index in [1.54, 1.807) is 0 Å². The molecule has 19 heavy (non-hydrogen) atoms. The van der Waals surface area contributed by atoms with Crippen molar-refractivity contribution >= 4 is 33.2 Å². The Morgan fingerprint density at radius 2 is 2.26 bits per heavy atom. The van der Waals surface area contributed by atoms with Gasteiger partial charge in [-0.15, -0.1) is 0 Å². The van der Waals surface area contributed by atoms with Crippen molar-refractivity contribution in [3.8, 4) is 0 Å². The minimum Gasteiger partial charge on any atom is -0.365 e. The van der Waals surface area contributed by atoms with Crippen molar-refractivity contribution in [2.45, 2.75) is 39.3 Å². The van der Waals surface area contributed by atoms with Gasteiger partial charge in [-0.25, -0.2) is 0 Å². The first kappa shape index (κ1) is 15.1. The molecule has 1 fully saturated rings. The first-order chi connectivity index (χ1) is 9.04. The molecule has 3 atom stereocenters. The second-order valence-electron chi connectivity index (χ2n) is 5.47. The molecule has 0 saturated carbocycles. The van der Waals surface area contributed by atoms with Crippen LogP contribution in [0.15, 0.2) is 22.7 Å². The number of anilines is 1. The molecule has 1 saturated heterocycles. The molecule has 1 aromatic rings. The van der Waals surface area contributed by atoms with E-state index in [9.17, 15) is 0 Å². The minimum atomic E-state index is 0.482. The van der Waals surface area contributed by atoms with Gasteiger partial charge >= 0.3 is 0 Å². The summed E-state index contributed by atoms with van der Waals surface area (Å²) in [6.45, 7) is 8.89. The lowest BCUT2D eigenvalue weighted by Gasteiger charge is -2.42. The Hall–Kier alpha value is -0.250. The van der Waals surface area contributed by atoms with Crippen LogP contribution < -0.4 is 10.2 Å². The van der Waals surface area contributed by atoms with E-state index in [0.717, 1.165) is 22.6 Å². The Morgan fingerprint density at radius 1 is 1.53 bits per heavy atom. The summed E-state index contributed by atoms with van der Waals surface area (Å²) in [5.74, 6) is 0.688. The van der Waals surface area contributed by atoms with Gasteiger partial charge in [0.1, 0.15) is 0 Å². The largest absolute Gasteiger partial charge is 0.365 e. The van der Waals surface area contributed by atoms with Crippen LogP contribution in [-0.2, 0) is 0 Å². The molecule has 0 aliphatic carbocycles. The predicted octanol–water partition coefficient (Wildman–Crippen LogP) is 4.32. The lowest BCUT2D eigenvalue weighted by molar-refractivity contribution is 0.315. The van der Waals surface area contributed by atoms with Crippen molar-refractivity contribution < 1.29 is 0 Å². The minimum absolute atomic E-state index is 0.482. The fourth-order valence-corrected chi connectivity index (χ4v) is 3.27. The van der Waals surface area contributed by atoms with Gasteiger partial charge in [0.15, 0.2) is 0 Å². The van der Waals surface area contributed by atoms with E-state index < -0.39 is 0 Å². The number of hydrogen-bond donors (Lipinski definition) is 1. The molecule has 4 heteroatoms. The highest BCUT2D eigenvalue weighted by atomic mass is 79.9. The Kier molecular flexibility index (Phi) is 5.15. The summed E-state index contributed by atoms with van der Waals surface area (Å²) in [6.07, 6.45) is 1.20. The van der Waals surface area contributed by atoms with Crippen LogP contribution in [0.4, 0.5) is 5.69 Å². The number of benzene rings is 1. The molecule has 106 valence electrons. The van der Waals surface area contributed by atoms with Gasteiger partial charge in [-0.3, -0.25) is 0 Å². The van der Waals surface area contributed by atoms with Gasteiger partial charge in [0, 0.05) is 25.2 Å². The Bertz CT molecular complexity index is 438. The summed E-state index contributed by atoms with van der Waals surface area (Å²) in [4.78, 5) is 2.46. The monoisotopic (exact) mass is 344 g/mol. The van der Waals surface area contributed by atoms with E-state index in [4.69, 9.17) is 11.6 Å². The van der Waals surface area contributed by atoms with Gasteiger partial charge in [-0.2, -0.15) is 0 Å². The average molecular weight is 346 g/mol. The molecule has 0 amide bonds. The molecule has 1 heterocycles. The van der Waals surface area contributed by atoms with Gasteiger partial charge in [0.25, 0.3) is 0 Å². The van der Waals surface area contributed by atoms with E-state index in [0.29, 0.717) is 18.0 Å². The molecule has 0 spiro atoms. The van der Waals surface area contributed by atoms with Crippen molar-refractivity contribution in [2.24, 2.45) is 5.92 Å². The van der Waals surface area contributed by atoms with E-state index in [1.807, 2.05) is 12.1 Å². The highest BCUT2D eigenvalue weighted by molar-refractivity contribution is 9.10. The summed E-state index contributed by atoms with van der Waals surface area (Å²) in [5, 5.41) is 4.44. The summed E-state index contributed by atoms with van der Waals surface area (Å²) in [6, 6.07) is 7.12. The topological polar surface area (TPSA) is 15.3 Å². The first-order valence-electron chi connectivity index (χ1n) is 6.98. The van der Waals surface area contributed by atoms with Crippen LogP contribution in [0, 0.1) is 5.92 Å². The van der Waals surface area contributed by atoms with Crippen molar-refractivity contribution in [3.05, 3.63) is 27.7 Å². The van der Waals surface area contributed by atoms with Crippen LogP contribution >= 0.6 is 27.5 Å². The number of halogens is 2. The molecule has 2 rings (SSSR count). The van der Waals surface area contributed by atoms with Gasteiger partial charge < -0.3 is 10.2 Å². The molecule has 0 bridgehead atoms. The molecule has 0 radical (unpaired) electrons. The third-order valence-corrected chi connectivity index (χ3v) is 5.55. The second-order valence-corrected chi connectivity index (χ2v) is 6.67. The van der Waals surface area contributed by atoms with Gasteiger partial charge in [-0.1, -0.05) is 37.9 Å². The van der Waals surface area contributed by atoms with E-state index >= 15 is 0 Å². The molecule has 0 aromatic heterocycles. The fraction of sp³-hybridized carbons (Fsp3) is 0.600. The summed E-state index contributed by atoms with van der Waals surface area (Å²) < 4.78 is 1.01. The van der Waals surface area contributed by atoms with Crippen LogP contribution in [0.1, 0.15) is 27.2 Å². The quantitative estimate of drug-likeness (QED) is 0.878. The molecule has 1 aromatic carbocycles. The maximum atomic E-state index is 6.22. The first-order valence-corrected chi connectivity index (χ1v) is 8.15. The number of piperazine rings is 1. The van der Waals surface area contributed by atoms with E-state index in [1.165, 1.54) is 12.1 Å². The Morgan fingerprint density at radius 3 is 2.95 bits per heavy atom. The number of nitrogens with zero attached hydrogens (tertiary/aromatic N) is 1. The highest BCUT2D eigenvalue weighted by Gasteiger charge is 2.29. The zero-order valence-corrected chi connectivity index (χ0v) is 14.1. The molecule has 1 aliphatic rings. The number of rotatable bonds is 3. The fourth-order valence-electron chi connectivity index (χ4n) is 2.60. The summed E-state index contributed by atoms with van der Waals surface area (Å²) in [7, 11) is 0. The number of nitrogens with one attached hydrogen (secondary N) is 1. The summed E-state index contributed by atoms with van der Waals surface area (Å²) in [5.41, 5.74) is 1.20. The maximum absolute atomic E-state index is 6.22. The average Bonchev–Trinajstić information content (AvgIpc) is 2.42. The molecule has 3 unspecified atom stereocenters. The van der Waals surface area contributed by atoms with Crippen LogP contribution in [0.5, 0.6) is 0 Å². The summed E-state index contributed by atoms with van der Waals surface area (Å²) >= 11 is 9.84. The smallest absolute Gasteiger partial charge is 0.0595 e. The normalized spacial score (nSPS) is 25.4. The molecular weight excluding hydrogens is 324 g/mol. The highest BCUT2D eigenvalue weighted by Crippen LogP contribution is 2.35. The third-order valence-electron chi connectivity index (χ3n) is 4.17. The van der Waals surface area contributed by atoms with Crippen molar-refractivity contribution in [2.75, 3.05) is 18.0 Å². The van der Waals surface area contributed by atoms with Gasteiger partial charge in [0.2, 0.25) is 0 Å². The van der Waals surface area contributed by atoms with Gasteiger partial charge in [0.05, 0.1) is 15.2 Å². The van der Waals surface area contributed by atoms with Crippen LogP contribution in [0.25, 0.3) is 0 Å². The maximum Gasteiger partial charge on any atom is 0.0595 e. The molecule has 1 aliphatic heterocycles. The number of hydrogen-bond acceptors (Lipinski definition) is 2. The second kappa shape index (κ2) is 6.47. The zero-order valence-electron chi connectivity index (χ0n) is 11.8. The Balaban J connectivity index is 2.24. The molecule has 2 nitrogen and oxygen atoms in total. The zero-order chi connectivity index (χ0) is 14.0. The van der Waals surface area contributed by atoms with Crippen molar-refractivity contribution in [1.82, 2.24) is 5.32 Å². The van der Waals surface area contributed by atoms with Crippen LogP contribution in [0.2, 0.25) is 5.02 Å². The standard InChI is InChI=1S/C15H22BrClN2/c1-4-10(2)13-9-19(11(3)8-18-13)14-7-5-6-12(17)15(14)16/h5-7,10-11,13,18H,4,8-9H2,1-3H3. The lowest BCUT2D eigenvalue weighted by Crippen LogP contribution is -2.57. The van der Waals surface area contributed by atoms with Gasteiger partial charge in [-0.05, 0) is 40.9 Å². The van der Waals surface area contributed by atoms with Crippen molar-refractivity contribution in [1.29, 1.82) is 0 Å². The van der Waals surface area contributed by atoms with Crippen LogP contribution in [0.3, 0.4) is 0 Å². The Labute approximate surface area is 129 Å². The van der Waals surface area contributed by atoms with Crippen molar-refractivity contribution in [3.63, 3.8) is 0 Å². The predicted molar refractivity (Wildman–Crippen MR) is 87.2 cm³/mol. The third kappa shape index (κ3) is 3.26. The lowest BCUT2D eigenvalue weighted by atomic mass is 9.95. The SMILES string of the molecule is CCC(C)C1CN(c2cccc(Cl)c2Br)C(C)CN1. The molecular formula is C15H22BrClN2. The van der Waals surface area contributed by atoms with Crippen LogP contribution in [-0.4, -0.2) is 25.2 Å². The van der Waals surface area contributed by atoms with E-state index in [2.05, 4.69) is 53.0 Å². The van der Waals surface area contributed by atoms with E-state index in [-0.39, 0.29) is 0 Å². The molecule has 1 N–H and O–H groups in total.